The van der Waals surface area contributed by atoms with E-state index >= 15 is 0 Å². The third kappa shape index (κ3) is 3.87. The molecule has 0 saturated carbocycles. The number of hydrogen-bond donors (Lipinski definition) is 0. The molecule has 75 valence electrons. The summed E-state index contributed by atoms with van der Waals surface area (Å²) in [6.07, 6.45) is 3.75. The number of hydrogen-bond acceptors (Lipinski definition) is 3. The number of carbonyl (C=O) groups excluding carboxylic acids is 1. The maximum Gasteiger partial charge on any atom is 0.199 e. The van der Waals surface area contributed by atoms with Crippen LogP contribution in [0.3, 0.4) is 0 Å². The quantitative estimate of drug-likeness (QED) is 0.620. The van der Waals surface area contributed by atoms with Crippen LogP contribution in [0.4, 0.5) is 0 Å². The van der Waals surface area contributed by atoms with Gasteiger partial charge in [-0.15, -0.1) is 0 Å². The Morgan fingerprint density at radius 3 is 2.08 bits per heavy atom. The molecule has 0 atom stereocenters. The third-order valence-electron chi connectivity index (χ3n) is 2.53. The zero-order chi connectivity index (χ0) is 9.52. The van der Waals surface area contributed by atoms with Crippen molar-refractivity contribution in [3.05, 3.63) is 0 Å². The summed E-state index contributed by atoms with van der Waals surface area (Å²) in [5.41, 5.74) is 0. The average Bonchev–Trinajstić information content (AvgIpc) is 2.17. The van der Waals surface area contributed by atoms with Crippen molar-refractivity contribution in [1.29, 1.82) is 0 Å². The first kappa shape index (κ1) is 10.7. The van der Waals surface area contributed by atoms with Gasteiger partial charge in [0, 0.05) is 39.1 Å². The van der Waals surface area contributed by atoms with Crippen molar-refractivity contribution in [1.82, 2.24) is 9.80 Å². The lowest BCUT2D eigenvalue weighted by Crippen LogP contribution is -2.46. The Bertz CT molecular complexity index is 142. The molecule has 0 aromatic heterocycles. The van der Waals surface area contributed by atoms with Gasteiger partial charge in [-0.3, -0.25) is 4.79 Å². The molecule has 1 rings (SSSR count). The first-order valence-electron chi connectivity index (χ1n) is 5.16. The van der Waals surface area contributed by atoms with Crippen LogP contribution in [0, 0.1) is 0 Å². The molecule has 1 aliphatic heterocycles. The first-order valence-corrected chi connectivity index (χ1v) is 5.16. The topological polar surface area (TPSA) is 23.6 Å². The summed E-state index contributed by atoms with van der Waals surface area (Å²) in [7, 11) is 0. The van der Waals surface area contributed by atoms with Gasteiger partial charge in [-0.05, 0) is 13.0 Å². The minimum Gasteiger partial charge on any atom is -0.301 e. The Labute approximate surface area is 80.7 Å². The number of piperazine rings is 1. The Morgan fingerprint density at radius 1 is 1.08 bits per heavy atom. The van der Waals surface area contributed by atoms with E-state index in [1.807, 2.05) is 6.29 Å². The Balaban J connectivity index is 2.11. The van der Waals surface area contributed by atoms with Gasteiger partial charge in [0.1, 0.15) is 0 Å². The fourth-order valence-electron chi connectivity index (χ4n) is 1.76. The van der Waals surface area contributed by atoms with E-state index in [0.29, 0.717) is 6.42 Å². The molecule has 0 spiro atoms. The van der Waals surface area contributed by atoms with Gasteiger partial charge in [0.25, 0.3) is 0 Å². The number of nitrogens with zero attached hydrogens (tertiary/aromatic N) is 2. The van der Waals surface area contributed by atoms with Crippen molar-refractivity contribution in [3.63, 3.8) is 0 Å². The van der Waals surface area contributed by atoms with Gasteiger partial charge in [0.2, 0.25) is 0 Å². The summed E-state index contributed by atoms with van der Waals surface area (Å²) in [4.78, 5) is 14.9. The fraction of sp³-hybridized carbons (Fsp3) is 0.900. The second-order valence-corrected chi connectivity index (χ2v) is 3.58. The van der Waals surface area contributed by atoms with Crippen molar-refractivity contribution in [3.8, 4) is 0 Å². The minimum atomic E-state index is 0.563. The van der Waals surface area contributed by atoms with E-state index in [9.17, 15) is 4.79 Å². The molecule has 1 fully saturated rings. The van der Waals surface area contributed by atoms with Gasteiger partial charge in [0.05, 0.1) is 0 Å². The predicted octanol–water partition coefficient (Wildman–Crippen LogP) is 0.514. The predicted molar refractivity (Wildman–Crippen MR) is 53.5 cm³/mol. The molecule has 0 bridgehead atoms. The highest BCUT2D eigenvalue weighted by Crippen LogP contribution is 2.02. The van der Waals surface area contributed by atoms with E-state index in [4.69, 9.17) is 0 Å². The molecule has 0 aromatic rings. The smallest absolute Gasteiger partial charge is 0.199 e. The molecule has 0 aromatic carbocycles. The summed E-state index contributed by atoms with van der Waals surface area (Å²) in [5.74, 6) is 0. The van der Waals surface area contributed by atoms with Crippen molar-refractivity contribution >= 4 is 6.29 Å². The van der Waals surface area contributed by atoms with Crippen molar-refractivity contribution in [2.24, 2.45) is 0 Å². The van der Waals surface area contributed by atoms with E-state index in [0.717, 1.165) is 32.7 Å². The molecule has 0 amide bonds. The van der Waals surface area contributed by atoms with Crippen molar-refractivity contribution in [2.75, 3.05) is 39.3 Å². The van der Waals surface area contributed by atoms with Crippen LogP contribution < -0.4 is 0 Å². The van der Waals surface area contributed by atoms with Gasteiger partial charge in [-0.1, -0.05) is 6.92 Å². The van der Waals surface area contributed by atoms with Gasteiger partial charge >= 0.3 is 0 Å². The molecule has 13 heavy (non-hydrogen) atoms. The normalized spacial score (nSPS) is 20.4. The maximum absolute atomic E-state index is 10.1. The van der Waals surface area contributed by atoms with Crippen LogP contribution in [0.1, 0.15) is 19.8 Å². The highest BCUT2D eigenvalue weighted by atomic mass is 16.1. The van der Waals surface area contributed by atoms with Gasteiger partial charge in [-0.25, -0.2) is 0 Å². The summed E-state index contributed by atoms with van der Waals surface area (Å²) in [6, 6.07) is 0. The second-order valence-electron chi connectivity index (χ2n) is 3.58. The van der Waals surface area contributed by atoms with Crippen LogP contribution in [-0.2, 0) is 4.79 Å². The summed E-state index contributed by atoms with van der Waals surface area (Å²) >= 11 is 0. The third-order valence-corrected chi connectivity index (χ3v) is 2.53. The lowest BCUT2D eigenvalue weighted by Gasteiger charge is -2.34. The molecule has 0 N–H and O–H groups in total. The fourth-order valence-corrected chi connectivity index (χ4v) is 1.76. The van der Waals surface area contributed by atoms with Crippen LogP contribution in [-0.4, -0.2) is 55.4 Å². The molecule has 0 aliphatic carbocycles. The molecule has 1 heterocycles. The molecule has 3 nitrogen and oxygen atoms in total. The Kier molecular flexibility index (Phi) is 5.01. The molecule has 1 aliphatic rings. The lowest BCUT2D eigenvalue weighted by atomic mass is 10.3. The SMILES string of the molecule is CCCN1CCN(CC[C]=O)CC1. The van der Waals surface area contributed by atoms with Crippen molar-refractivity contribution < 1.29 is 4.79 Å². The lowest BCUT2D eigenvalue weighted by molar-refractivity contribution is 0.135. The maximum atomic E-state index is 10.1. The first-order chi connectivity index (χ1) is 6.36. The zero-order valence-electron chi connectivity index (χ0n) is 8.46. The Morgan fingerprint density at radius 2 is 1.62 bits per heavy atom. The molecule has 1 radical (unpaired) electrons. The number of rotatable bonds is 5. The van der Waals surface area contributed by atoms with E-state index in [2.05, 4.69) is 16.7 Å². The van der Waals surface area contributed by atoms with Gasteiger partial charge in [-0.2, -0.15) is 0 Å². The summed E-state index contributed by atoms with van der Waals surface area (Å²) in [5, 5.41) is 0. The van der Waals surface area contributed by atoms with Gasteiger partial charge in [0.15, 0.2) is 6.29 Å². The summed E-state index contributed by atoms with van der Waals surface area (Å²) < 4.78 is 0. The molecule has 0 unspecified atom stereocenters. The van der Waals surface area contributed by atoms with Crippen LogP contribution in [0.15, 0.2) is 0 Å². The zero-order valence-corrected chi connectivity index (χ0v) is 8.46. The standard InChI is InChI=1S/C10H19N2O/c1-2-4-11-6-8-12(9-7-11)5-3-10-13/h2-9H2,1H3. The largest absolute Gasteiger partial charge is 0.301 e. The van der Waals surface area contributed by atoms with E-state index < -0.39 is 0 Å². The highest BCUT2D eigenvalue weighted by molar-refractivity contribution is 5.50. The van der Waals surface area contributed by atoms with Crippen LogP contribution in [0.25, 0.3) is 0 Å². The molecular formula is C10H19N2O. The second kappa shape index (κ2) is 6.11. The average molecular weight is 183 g/mol. The summed E-state index contributed by atoms with van der Waals surface area (Å²) in [6.45, 7) is 8.87. The van der Waals surface area contributed by atoms with E-state index in [1.165, 1.54) is 13.0 Å². The highest BCUT2D eigenvalue weighted by Gasteiger charge is 2.14. The van der Waals surface area contributed by atoms with E-state index in [-0.39, 0.29) is 0 Å². The minimum absolute atomic E-state index is 0.563. The van der Waals surface area contributed by atoms with Crippen LogP contribution in [0.2, 0.25) is 0 Å². The Hall–Kier alpha value is -0.410. The molecular weight excluding hydrogens is 164 g/mol. The molecule has 3 heteroatoms. The van der Waals surface area contributed by atoms with Crippen LogP contribution >= 0.6 is 0 Å². The van der Waals surface area contributed by atoms with E-state index in [1.54, 1.807) is 0 Å². The monoisotopic (exact) mass is 183 g/mol. The van der Waals surface area contributed by atoms with Gasteiger partial charge < -0.3 is 9.80 Å². The van der Waals surface area contributed by atoms with Crippen LogP contribution in [0.5, 0.6) is 0 Å². The van der Waals surface area contributed by atoms with Crippen molar-refractivity contribution in [2.45, 2.75) is 19.8 Å². The molecule has 1 saturated heterocycles.